The average molecular weight is 462 g/mol. The maximum Gasteiger partial charge on any atom is 0.260 e. The lowest BCUT2D eigenvalue weighted by atomic mass is 10.2. The summed E-state index contributed by atoms with van der Waals surface area (Å²) in [6, 6.07) is 14.0. The SMILES string of the molecule is COc1ccc(N2CCN(S(=O)(=O)c3ccc(O[C@@H](C)C(=O)NC(C)C)cc3)CC2)cc1. The maximum atomic E-state index is 13.1. The van der Waals surface area contributed by atoms with Crippen molar-refractivity contribution in [3.05, 3.63) is 48.5 Å². The Morgan fingerprint density at radius 1 is 0.906 bits per heavy atom. The summed E-state index contributed by atoms with van der Waals surface area (Å²) in [5.74, 6) is 1.02. The minimum atomic E-state index is -3.60. The van der Waals surface area contributed by atoms with Gasteiger partial charge in [0.2, 0.25) is 10.0 Å². The van der Waals surface area contributed by atoms with Crippen LogP contribution in [0.15, 0.2) is 53.4 Å². The molecule has 8 nitrogen and oxygen atoms in total. The Morgan fingerprint density at radius 2 is 1.47 bits per heavy atom. The van der Waals surface area contributed by atoms with Gasteiger partial charge in [0.05, 0.1) is 12.0 Å². The van der Waals surface area contributed by atoms with Gasteiger partial charge in [-0.2, -0.15) is 4.31 Å². The molecule has 9 heteroatoms. The van der Waals surface area contributed by atoms with Crippen molar-refractivity contribution >= 4 is 21.6 Å². The molecule has 1 fully saturated rings. The Labute approximate surface area is 190 Å². The Hall–Kier alpha value is -2.78. The van der Waals surface area contributed by atoms with Crippen LogP contribution in [-0.2, 0) is 14.8 Å². The minimum Gasteiger partial charge on any atom is -0.497 e. The fourth-order valence-corrected chi connectivity index (χ4v) is 4.90. The monoisotopic (exact) mass is 461 g/mol. The zero-order valence-electron chi connectivity index (χ0n) is 18.9. The summed E-state index contributed by atoms with van der Waals surface area (Å²) in [7, 11) is -1.98. The van der Waals surface area contributed by atoms with Crippen molar-refractivity contribution in [2.24, 2.45) is 0 Å². The predicted octanol–water partition coefficient (Wildman–Crippen LogP) is 2.50. The molecule has 1 saturated heterocycles. The van der Waals surface area contributed by atoms with Crippen LogP contribution in [0, 0.1) is 0 Å². The van der Waals surface area contributed by atoms with E-state index in [2.05, 4.69) is 10.2 Å². The first kappa shape index (κ1) is 23.9. The van der Waals surface area contributed by atoms with E-state index in [1.807, 2.05) is 38.1 Å². The molecule has 174 valence electrons. The zero-order valence-corrected chi connectivity index (χ0v) is 19.8. The van der Waals surface area contributed by atoms with Crippen LogP contribution in [0.3, 0.4) is 0 Å². The molecule has 1 heterocycles. The Balaban J connectivity index is 1.60. The third-order valence-corrected chi connectivity index (χ3v) is 7.16. The molecular formula is C23H31N3O5S. The fourth-order valence-electron chi connectivity index (χ4n) is 3.48. The van der Waals surface area contributed by atoms with Crippen LogP contribution in [0.2, 0.25) is 0 Å². The van der Waals surface area contributed by atoms with Gasteiger partial charge in [-0.25, -0.2) is 8.42 Å². The second-order valence-corrected chi connectivity index (χ2v) is 9.92. The molecule has 2 aromatic rings. The van der Waals surface area contributed by atoms with E-state index in [1.54, 1.807) is 26.2 Å². The van der Waals surface area contributed by atoms with Crippen molar-refractivity contribution in [1.29, 1.82) is 0 Å². The van der Waals surface area contributed by atoms with Crippen molar-refractivity contribution in [2.75, 3.05) is 38.2 Å². The summed E-state index contributed by atoms with van der Waals surface area (Å²) in [5.41, 5.74) is 1.04. The van der Waals surface area contributed by atoms with E-state index in [0.717, 1.165) is 11.4 Å². The lowest BCUT2D eigenvalue weighted by Gasteiger charge is -2.35. The molecule has 1 aliphatic rings. The molecule has 1 atom stereocenters. The van der Waals surface area contributed by atoms with Crippen LogP contribution in [0.5, 0.6) is 11.5 Å². The number of nitrogens with zero attached hydrogens (tertiary/aromatic N) is 2. The quantitative estimate of drug-likeness (QED) is 0.650. The number of ether oxygens (including phenoxy) is 2. The van der Waals surface area contributed by atoms with Gasteiger partial charge in [-0.15, -0.1) is 0 Å². The van der Waals surface area contributed by atoms with Gasteiger partial charge in [-0.05, 0) is 69.3 Å². The van der Waals surface area contributed by atoms with Crippen LogP contribution in [0.4, 0.5) is 5.69 Å². The largest absolute Gasteiger partial charge is 0.497 e. The van der Waals surface area contributed by atoms with E-state index in [-0.39, 0.29) is 16.8 Å². The van der Waals surface area contributed by atoms with Gasteiger partial charge in [0, 0.05) is 37.9 Å². The maximum absolute atomic E-state index is 13.1. The number of hydrogen-bond donors (Lipinski definition) is 1. The molecule has 0 saturated carbocycles. The van der Waals surface area contributed by atoms with Gasteiger partial charge in [0.1, 0.15) is 11.5 Å². The number of amides is 1. The number of carbonyl (C=O) groups is 1. The van der Waals surface area contributed by atoms with Crippen LogP contribution in [0.25, 0.3) is 0 Å². The van der Waals surface area contributed by atoms with Gasteiger partial charge >= 0.3 is 0 Å². The highest BCUT2D eigenvalue weighted by molar-refractivity contribution is 7.89. The zero-order chi connectivity index (χ0) is 23.3. The number of benzene rings is 2. The van der Waals surface area contributed by atoms with Crippen molar-refractivity contribution in [3.8, 4) is 11.5 Å². The molecule has 3 rings (SSSR count). The smallest absolute Gasteiger partial charge is 0.260 e. The Morgan fingerprint density at radius 3 is 2.00 bits per heavy atom. The van der Waals surface area contributed by atoms with E-state index in [9.17, 15) is 13.2 Å². The molecule has 1 N–H and O–H groups in total. The van der Waals surface area contributed by atoms with Gasteiger partial charge in [-0.3, -0.25) is 4.79 Å². The Kier molecular flexibility index (Phi) is 7.63. The van der Waals surface area contributed by atoms with Gasteiger partial charge < -0.3 is 19.7 Å². The fraction of sp³-hybridized carbons (Fsp3) is 0.435. The predicted molar refractivity (Wildman–Crippen MR) is 124 cm³/mol. The molecule has 0 unspecified atom stereocenters. The number of sulfonamides is 1. The van der Waals surface area contributed by atoms with Crippen molar-refractivity contribution in [1.82, 2.24) is 9.62 Å². The third kappa shape index (κ3) is 5.72. The second-order valence-electron chi connectivity index (χ2n) is 7.98. The molecule has 1 amide bonds. The Bertz CT molecular complexity index is 999. The number of rotatable bonds is 8. The average Bonchev–Trinajstić information content (AvgIpc) is 2.79. The lowest BCUT2D eigenvalue weighted by Crippen LogP contribution is -2.48. The normalized spacial score (nSPS) is 16.0. The molecular weight excluding hydrogens is 430 g/mol. The molecule has 0 spiro atoms. The van der Waals surface area contributed by atoms with Gasteiger partial charge in [0.25, 0.3) is 5.91 Å². The third-order valence-electron chi connectivity index (χ3n) is 5.25. The highest BCUT2D eigenvalue weighted by atomic mass is 32.2. The number of hydrogen-bond acceptors (Lipinski definition) is 6. The van der Waals surface area contributed by atoms with Crippen LogP contribution < -0.4 is 19.7 Å². The summed E-state index contributed by atoms with van der Waals surface area (Å²) in [5, 5.41) is 2.79. The van der Waals surface area contributed by atoms with Gasteiger partial charge in [0.15, 0.2) is 6.10 Å². The highest BCUT2D eigenvalue weighted by Gasteiger charge is 2.28. The van der Waals surface area contributed by atoms with Gasteiger partial charge in [-0.1, -0.05) is 0 Å². The molecule has 0 aliphatic carbocycles. The number of anilines is 1. The summed E-state index contributed by atoms with van der Waals surface area (Å²) in [6.45, 7) is 7.43. The van der Waals surface area contributed by atoms with Crippen LogP contribution in [0.1, 0.15) is 20.8 Å². The first-order valence-electron chi connectivity index (χ1n) is 10.7. The van der Waals surface area contributed by atoms with E-state index < -0.39 is 16.1 Å². The summed E-state index contributed by atoms with van der Waals surface area (Å²) < 4.78 is 38.4. The number of carbonyl (C=O) groups excluding carboxylic acids is 1. The lowest BCUT2D eigenvalue weighted by molar-refractivity contribution is -0.127. The second kappa shape index (κ2) is 10.2. The number of methoxy groups -OCH3 is 1. The molecule has 0 bridgehead atoms. The van der Waals surface area contributed by atoms with Crippen LogP contribution >= 0.6 is 0 Å². The molecule has 0 radical (unpaired) electrons. The van der Waals surface area contributed by atoms with E-state index in [1.165, 1.54) is 16.4 Å². The number of piperazine rings is 1. The first-order valence-corrected chi connectivity index (χ1v) is 12.1. The van der Waals surface area contributed by atoms with Crippen molar-refractivity contribution in [2.45, 2.75) is 37.8 Å². The summed E-state index contributed by atoms with van der Waals surface area (Å²) >= 11 is 0. The van der Waals surface area contributed by atoms with Crippen molar-refractivity contribution in [3.63, 3.8) is 0 Å². The van der Waals surface area contributed by atoms with Crippen molar-refractivity contribution < 1.29 is 22.7 Å². The standard InChI is InChI=1S/C23H31N3O5S/c1-17(2)24-23(27)18(3)31-21-9-11-22(12-10-21)32(28,29)26-15-13-25(14-16-26)19-5-7-20(30-4)8-6-19/h5-12,17-18H,13-16H2,1-4H3,(H,24,27)/t18-/m0/s1. The minimum absolute atomic E-state index is 0.0197. The number of nitrogens with one attached hydrogen (secondary N) is 1. The molecule has 1 aliphatic heterocycles. The summed E-state index contributed by atoms with van der Waals surface area (Å²) in [6.07, 6.45) is -0.675. The van der Waals surface area contributed by atoms with E-state index >= 15 is 0 Å². The topological polar surface area (TPSA) is 88.2 Å². The molecule has 2 aromatic carbocycles. The first-order chi connectivity index (χ1) is 15.2. The summed E-state index contributed by atoms with van der Waals surface area (Å²) in [4.78, 5) is 14.4. The highest BCUT2D eigenvalue weighted by Crippen LogP contribution is 2.24. The van der Waals surface area contributed by atoms with Crippen LogP contribution in [-0.4, -0.2) is 64.1 Å². The van der Waals surface area contributed by atoms with E-state index in [0.29, 0.717) is 31.9 Å². The molecule has 32 heavy (non-hydrogen) atoms. The molecule has 0 aromatic heterocycles. The van der Waals surface area contributed by atoms with E-state index in [4.69, 9.17) is 9.47 Å².